The Morgan fingerprint density at radius 1 is 1.16 bits per heavy atom. The number of hydrogen-bond acceptors (Lipinski definition) is 6. The van der Waals surface area contributed by atoms with E-state index in [0.717, 1.165) is 53.2 Å². The molecule has 2 bridgehead atoms. The van der Waals surface area contributed by atoms with Crippen molar-refractivity contribution in [3.63, 3.8) is 0 Å². The number of aliphatic hydroxyl groups excluding tert-OH is 1. The molecule has 0 radical (unpaired) electrons. The predicted octanol–water partition coefficient (Wildman–Crippen LogP) is 4.18. The predicted molar refractivity (Wildman–Crippen MR) is 141 cm³/mol. The normalized spacial score (nSPS) is 31.8. The number of hydrogen-bond donors (Lipinski definition) is 2. The summed E-state index contributed by atoms with van der Waals surface area (Å²) in [5, 5.41) is 20.5. The fraction of sp³-hybridized carbons (Fsp3) is 0.536. The van der Waals surface area contributed by atoms with Crippen LogP contribution in [0, 0.1) is 5.92 Å². The lowest BCUT2D eigenvalue weighted by Gasteiger charge is -2.61. The highest BCUT2D eigenvalue weighted by Gasteiger charge is 2.58. The minimum Gasteiger partial charge on any atom is -0.389 e. The third-order valence-electron chi connectivity index (χ3n) is 9.46. The molecular formula is C28H32ClN5O3. The average Bonchev–Trinajstić information content (AvgIpc) is 3.45. The number of fused-ring (bicyclic) bond motifs is 1. The van der Waals surface area contributed by atoms with Crippen molar-refractivity contribution in [2.24, 2.45) is 5.92 Å². The smallest absolute Gasteiger partial charge is 0.260 e. The molecule has 3 saturated carbocycles. The van der Waals surface area contributed by atoms with Crippen LogP contribution < -0.4 is 5.32 Å². The van der Waals surface area contributed by atoms with Gasteiger partial charge in [0.1, 0.15) is 5.82 Å². The van der Waals surface area contributed by atoms with Gasteiger partial charge in [-0.25, -0.2) is 4.98 Å². The van der Waals surface area contributed by atoms with Gasteiger partial charge < -0.3 is 15.2 Å². The molecule has 2 N–H and O–H groups in total. The standard InChI is InChI=1S/C28H32ClN5O3/c1-27(16-37-15-24(27)35)33-4-2-18(3-5-33)22-6-19-8-25(30-12-20(19)7-23(22)29)32-26(36)21-13-31-34(14-21)28-9-17(10-28)11-28/h6-8,12-14,17-18,24,35H,2-5,9-11,15-16H2,1H3,(H,30,32,36)/t17?,24-,27+,28?/m0/s1. The Balaban J connectivity index is 1.06. The van der Waals surface area contributed by atoms with Crippen LogP contribution >= 0.6 is 11.6 Å². The van der Waals surface area contributed by atoms with Crippen LogP contribution in [0.3, 0.4) is 0 Å². The van der Waals surface area contributed by atoms with Gasteiger partial charge >= 0.3 is 0 Å². The summed E-state index contributed by atoms with van der Waals surface area (Å²) in [6, 6.07) is 6.04. The second-order valence-electron chi connectivity index (χ2n) is 11.8. The average molecular weight is 522 g/mol. The number of carbonyl (C=O) groups excluding carboxylic acids is 1. The Morgan fingerprint density at radius 3 is 2.62 bits per heavy atom. The van der Waals surface area contributed by atoms with Crippen molar-refractivity contribution in [2.45, 2.75) is 62.1 Å². The van der Waals surface area contributed by atoms with Gasteiger partial charge in [0.2, 0.25) is 0 Å². The second kappa shape index (κ2) is 8.50. The zero-order chi connectivity index (χ0) is 25.4. The lowest BCUT2D eigenvalue weighted by Crippen LogP contribution is -2.59. The number of likely N-dealkylation sites (tertiary alicyclic amines) is 1. The first-order valence-corrected chi connectivity index (χ1v) is 13.7. The first-order valence-electron chi connectivity index (χ1n) is 13.3. The number of carbonyl (C=O) groups is 1. The Morgan fingerprint density at radius 2 is 1.95 bits per heavy atom. The molecule has 0 spiro atoms. The molecule has 2 saturated heterocycles. The van der Waals surface area contributed by atoms with Crippen LogP contribution in [0.5, 0.6) is 0 Å². The fourth-order valence-electron chi connectivity index (χ4n) is 6.82. The van der Waals surface area contributed by atoms with Crippen molar-refractivity contribution in [3.8, 4) is 0 Å². The maximum Gasteiger partial charge on any atom is 0.260 e. The van der Waals surface area contributed by atoms with Crippen molar-refractivity contribution in [1.82, 2.24) is 19.7 Å². The molecule has 5 fully saturated rings. The molecule has 0 unspecified atom stereocenters. The minimum absolute atomic E-state index is 0.165. The molecule has 3 aliphatic carbocycles. The second-order valence-corrected chi connectivity index (χ2v) is 12.2. The largest absolute Gasteiger partial charge is 0.389 e. The number of piperidine rings is 1. The van der Waals surface area contributed by atoms with Gasteiger partial charge in [-0.15, -0.1) is 0 Å². The van der Waals surface area contributed by atoms with Crippen molar-refractivity contribution >= 4 is 34.1 Å². The summed E-state index contributed by atoms with van der Waals surface area (Å²) >= 11 is 6.73. The topological polar surface area (TPSA) is 92.5 Å². The number of nitrogens with one attached hydrogen (secondary N) is 1. The number of aliphatic hydroxyl groups is 1. The zero-order valence-corrected chi connectivity index (χ0v) is 21.7. The van der Waals surface area contributed by atoms with Crippen molar-refractivity contribution < 1.29 is 14.6 Å². The maximum absolute atomic E-state index is 12.9. The van der Waals surface area contributed by atoms with E-state index in [9.17, 15) is 9.90 Å². The van der Waals surface area contributed by atoms with Gasteiger partial charge in [0.25, 0.3) is 5.91 Å². The molecule has 1 amide bonds. The summed E-state index contributed by atoms with van der Waals surface area (Å²) in [6.45, 7) is 4.85. The molecule has 194 valence electrons. The van der Waals surface area contributed by atoms with E-state index < -0.39 is 6.10 Å². The number of rotatable bonds is 5. The summed E-state index contributed by atoms with van der Waals surface area (Å²) in [6.07, 6.45) is 10.3. The highest BCUT2D eigenvalue weighted by atomic mass is 35.5. The SMILES string of the molecule is C[C@@]1(N2CCC(c3cc4cc(NC(=O)c5cnn(C67CC(C6)C7)c5)ncc4cc3Cl)CC2)COC[C@@H]1O. The molecule has 2 aromatic heterocycles. The van der Waals surface area contributed by atoms with Crippen molar-refractivity contribution in [1.29, 1.82) is 0 Å². The molecule has 5 aliphatic rings. The van der Waals surface area contributed by atoms with Gasteiger partial charge in [-0.3, -0.25) is 14.4 Å². The fourth-order valence-corrected chi connectivity index (χ4v) is 7.15. The Kier molecular flexibility index (Phi) is 5.42. The van der Waals surface area contributed by atoms with Gasteiger partial charge in [0, 0.05) is 22.8 Å². The molecule has 2 atom stereocenters. The third-order valence-corrected chi connectivity index (χ3v) is 9.79. The van der Waals surface area contributed by atoms with E-state index in [2.05, 4.69) is 33.3 Å². The van der Waals surface area contributed by atoms with Gasteiger partial charge in [0.05, 0.1) is 42.2 Å². The summed E-state index contributed by atoms with van der Waals surface area (Å²) in [5.41, 5.74) is 1.54. The Hall–Kier alpha value is -2.52. The number of benzene rings is 1. The molecule has 2 aliphatic heterocycles. The molecule has 8 nitrogen and oxygen atoms in total. The van der Waals surface area contributed by atoms with Crippen LogP contribution in [-0.2, 0) is 10.3 Å². The van der Waals surface area contributed by atoms with Crippen LogP contribution in [0.1, 0.15) is 60.9 Å². The number of aromatic nitrogens is 3. The number of nitrogens with zero attached hydrogens (tertiary/aromatic N) is 4. The molecule has 8 rings (SSSR count). The van der Waals surface area contributed by atoms with Gasteiger partial charge in [-0.05, 0) is 93.1 Å². The van der Waals surface area contributed by atoms with E-state index >= 15 is 0 Å². The summed E-state index contributed by atoms with van der Waals surface area (Å²) in [5.74, 6) is 1.51. The summed E-state index contributed by atoms with van der Waals surface area (Å²) in [7, 11) is 0. The van der Waals surface area contributed by atoms with Gasteiger partial charge in [-0.2, -0.15) is 5.10 Å². The lowest BCUT2D eigenvalue weighted by molar-refractivity contribution is -0.0978. The van der Waals surface area contributed by atoms with Gasteiger partial charge in [0.15, 0.2) is 0 Å². The third kappa shape index (κ3) is 3.80. The Bertz CT molecular complexity index is 1370. The van der Waals surface area contributed by atoms with E-state index in [1.54, 1.807) is 12.4 Å². The van der Waals surface area contributed by atoms with E-state index in [1.807, 2.05) is 23.0 Å². The number of ether oxygens (including phenoxy) is 1. The molecule has 4 heterocycles. The molecule has 3 aromatic rings. The van der Waals surface area contributed by atoms with E-state index in [0.29, 0.717) is 30.5 Å². The summed E-state index contributed by atoms with van der Waals surface area (Å²) in [4.78, 5) is 19.7. The number of pyridine rings is 1. The molecule has 9 heteroatoms. The lowest BCUT2D eigenvalue weighted by atomic mass is 9.50. The van der Waals surface area contributed by atoms with Crippen LogP contribution in [0.2, 0.25) is 5.02 Å². The highest BCUT2D eigenvalue weighted by molar-refractivity contribution is 6.32. The van der Waals surface area contributed by atoms with Gasteiger partial charge in [-0.1, -0.05) is 11.6 Å². The van der Waals surface area contributed by atoms with E-state index in [4.69, 9.17) is 16.3 Å². The first-order chi connectivity index (χ1) is 17.8. The Labute approximate surface area is 220 Å². The van der Waals surface area contributed by atoms with Crippen LogP contribution in [0.25, 0.3) is 10.8 Å². The van der Waals surface area contributed by atoms with E-state index in [1.165, 1.54) is 19.3 Å². The number of amides is 1. The van der Waals surface area contributed by atoms with E-state index in [-0.39, 0.29) is 17.0 Å². The first kappa shape index (κ1) is 23.6. The van der Waals surface area contributed by atoms with Crippen molar-refractivity contribution in [2.75, 3.05) is 31.6 Å². The van der Waals surface area contributed by atoms with Crippen molar-refractivity contribution in [3.05, 3.63) is 52.9 Å². The maximum atomic E-state index is 12.9. The highest BCUT2D eigenvalue weighted by Crippen LogP contribution is 2.61. The quantitative estimate of drug-likeness (QED) is 0.523. The minimum atomic E-state index is -0.452. The zero-order valence-electron chi connectivity index (χ0n) is 21.0. The number of anilines is 1. The monoisotopic (exact) mass is 521 g/mol. The summed E-state index contributed by atoms with van der Waals surface area (Å²) < 4.78 is 7.53. The van der Waals surface area contributed by atoms with Crippen LogP contribution in [0.15, 0.2) is 36.8 Å². The van der Waals surface area contributed by atoms with Crippen LogP contribution in [-0.4, -0.2) is 68.6 Å². The molecular weight excluding hydrogens is 490 g/mol. The van der Waals surface area contributed by atoms with Crippen LogP contribution in [0.4, 0.5) is 5.82 Å². The molecule has 37 heavy (non-hydrogen) atoms. The molecule has 1 aromatic carbocycles. The number of halogens is 1.